The van der Waals surface area contributed by atoms with E-state index in [0.29, 0.717) is 11.6 Å². The first-order valence-electron chi connectivity index (χ1n) is 5.68. The molecule has 0 aliphatic heterocycles. The molecule has 0 spiro atoms. The summed E-state index contributed by atoms with van der Waals surface area (Å²) in [5, 5.41) is 4.27. The van der Waals surface area contributed by atoms with Crippen molar-refractivity contribution in [3.05, 3.63) is 11.6 Å². The fraction of sp³-hybridized carbons (Fsp3) is 0.750. The first-order valence-corrected chi connectivity index (χ1v) is 6.97. The second-order valence-electron chi connectivity index (χ2n) is 4.15. The smallest absolute Gasteiger partial charge is 0.333 e. The summed E-state index contributed by atoms with van der Waals surface area (Å²) in [5.74, 6) is -0.241. The Morgan fingerprint density at radius 2 is 2.31 bits per heavy atom. The van der Waals surface area contributed by atoms with Crippen LogP contribution < -0.4 is 5.32 Å². The van der Waals surface area contributed by atoms with Crippen LogP contribution >= 0.6 is 11.8 Å². The van der Waals surface area contributed by atoms with Crippen molar-refractivity contribution in [2.75, 3.05) is 19.9 Å². The molecule has 0 aromatic heterocycles. The highest BCUT2D eigenvalue weighted by Crippen LogP contribution is 2.27. The normalized spacial score (nSPS) is 25.8. The summed E-state index contributed by atoms with van der Waals surface area (Å²) < 4.78 is 4.63. The lowest BCUT2D eigenvalue weighted by Crippen LogP contribution is -2.27. The molecule has 3 nitrogen and oxygen atoms in total. The number of nitrogens with one attached hydrogen (secondary N) is 1. The molecule has 0 aromatic rings. The molecule has 16 heavy (non-hydrogen) atoms. The van der Waals surface area contributed by atoms with Gasteiger partial charge in [0.05, 0.1) is 7.11 Å². The van der Waals surface area contributed by atoms with Gasteiger partial charge in [0.2, 0.25) is 0 Å². The van der Waals surface area contributed by atoms with E-state index in [1.807, 2.05) is 17.8 Å². The van der Waals surface area contributed by atoms with Crippen LogP contribution in [0.2, 0.25) is 0 Å². The Balaban J connectivity index is 2.23. The van der Waals surface area contributed by atoms with Crippen molar-refractivity contribution in [1.82, 2.24) is 5.32 Å². The molecule has 0 amide bonds. The topological polar surface area (TPSA) is 38.3 Å². The third kappa shape index (κ3) is 4.18. The van der Waals surface area contributed by atoms with E-state index in [1.54, 1.807) is 6.92 Å². The highest BCUT2D eigenvalue weighted by Gasteiger charge is 2.22. The molecule has 1 saturated carbocycles. The largest absolute Gasteiger partial charge is 0.466 e. The second kappa shape index (κ2) is 6.97. The minimum atomic E-state index is -0.241. The van der Waals surface area contributed by atoms with E-state index in [-0.39, 0.29) is 5.97 Å². The fourth-order valence-electron chi connectivity index (χ4n) is 1.96. The van der Waals surface area contributed by atoms with Crippen LogP contribution in [0.15, 0.2) is 11.6 Å². The van der Waals surface area contributed by atoms with Crippen LogP contribution in [0.5, 0.6) is 0 Å². The van der Waals surface area contributed by atoms with E-state index in [4.69, 9.17) is 0 Å². The molecule has 1 N–H and O–H groups in total. The molecule has 1 fully saturated rings. The number of hydrogen-bond acceptors (Lipinski definition) is 4. The maximum absolute atomic E-state index is 11.1. The zero-order chi connectivity index (χ0) is 12.0. The van der Waals surface area contributed by atoms with Crippen molar-refractivity contribution in [1.29, 1.82) is 0 Å². The van der Waals surface area contributed by atoms with Crippen LogP contribution in [-0.4, -0.2) is 37.2 Å². The molecule has 1 aliphatic rings. The molecule has 0 radical (unpaired) electrons. The molecule has 1 aliphatic carbocycles. The van der Waals surface area contributed by atoms with E-state index < -0.39 is 0 Å². The average Bonchev–Trinajstić information content (AvgIpc) is 2.75. The van der Waals surface area contributed by atoms with Crippen molar-refractivity contribution in [2.24, 2.45) is 0 Å². The third-order valence-electron chi connectivity index (χ3n) is 3.04. The lowest BCUT2D eigenvalue weighted by Gasteiger charge is -2.10. The molecule has 2 atom stereocenters. The molecular formula is C12H21NO2S. The summed E-state index contributed by atoms with van der Waals surface area (Å²) in [6, 6.07) is 0.610. The van der Waals surface area contributed by atoms with Gasteiger partial charge in [-0.15, -0.1) is 0 Å². The van der Waals surface area contributed by atoms with Crippen molar-refractivity contribution in [3.8, 4) is 0 Å². The van der Waals surface area contributed by atoms with Gasteiger partial charge in [0, 0.05) is 23.4 Å². The summed E-state index contributed by atoms with van der Waals surface area (Å²) in [6.07, 6.45) is 7.87. The van der Waals surface area contributed by atoms with Gasteiger partial charge < -0.3 is 10.1 Å². The van der Waals surface area contributed by atoms with Gasteiger partial charge in [0.25, 0.3) is 0 Å². The van der Waals surface area contributed by atoms with Crippen LogP contribution in [-0.2, 0) is 9.53 Å². The fourth-order valence-corrected chi connectivity index (χ4v) is 2.76. The molecular weight excluding hydrogens is 222 g/mol. The Hall–Kier alpha value is -0.480. The van der Waals surface area contributed by atoms with Crippen LogP contribution in [0.3, 0.4) is 0 Å². The summed E-state index contributed by atoms with van der Waals surface area (Å²) in [4.78, 5) is 11.1. The minimum Gasteiger partial charge on any atom is -0.466 e. The van der Waals surface area contributed by atoms with Gasteiger partial charge in [-0.05, 0) is 32.4 Å². The number of carbonyl (C=O) groups is 1. The molecule has 2 unspecified atom stereocenters. The van der Waals surface area contributed by atoms with Gasteiger partial charge >= 0.3 is 5.97 Å². The van der Waals surface area contributed by atoms with E-state index in [0.717, 1.165) is 11.8 Å². The van der Waals surface area contributed by atoms with Gasteiger partial charge in [-0.25, -0.2) is 4.79 Å². The van der Waals surface area contributed by atoms with Gasteiger partial charge in [-0.1, -0.05) is 6.08 Å². The number of ether oxygens (including phenoxy) is 1. The lowest BCUT2D eigenvalue weighted by atomic mass is 10.2. The number of methoxy groups -OCH3 is 1. The molecule has 0 aromatic carbocycles. The SMILES string of the molecule is COC(=O)C(C)=CCNC1CCC(SC)C1. The second-order valence-corrected chi connectivity index (χ2v) is 5.29. The highest BCUT2D eigenvalue weighted by atomic mass is 32.2. The van der Waals surface area contributed by atoms with E-state index in [9.17, 15) is 4.79 Å². The minimum absolute atomic E-state index is 0.241. The Bertz CT molecular complexity index is 266. The summed E-state index contributed by atoms with van der Waals surface area (Å²) >= 11 is 1.95. The van der Waals surface area contributed by atoms with Crippen molar-refractivity contribution >= 4 is 17.7 Å². The number of thioether (sulfide) groups is 1. The Morgan fingerprint density at radius 3 is 2.88 bits per heavy atom. The molecule has 0 heterocycles. The van der Waals surface area contributed by atoms with Gasteiger partial charge in [0.1, 0.15) is 0 Å². The van der Waals surface area contributed by atoms with E-state index >= 15 is 0 Å². The van der Waals surface area contributed by atoms with Crippen LogP contribution in [0.1, 0.15) is 26.2 Å². The van der Waals surface area contributed by atoms with Gasteiger partial charge in [0.15, 0.2) is 0 Å². The van der Waals surface area contributed by atoms with E-state index in [2.05, 4.69) is 16.3 Å². The first kappa shape index (κ1) is 13.6. The zero-order valence-electron chi connectivity index (χ0n) is 10.3. The van der Waals surface area contributed by atoms with E-state index in [1.165, 1.54) is 26.4 Å². The molecule has 92 valence electrons. The summed E-state index contributed by atoms with van der Waals surface area (Å²) in [7, 11) is 1.41. The number of carbonyl (C=O) groups excluding carboxylic acids is 1. The monoisotopic (exact) mass is 243 g/mol. The standard InChI is InChI=1S/C12H21NO2S/c1-9(12(14)15-2)6-7-13-10-4-5-11(8-10)16-3/h6,10-11,13H,4-5,7-8H2,1-3H3. The molecule has 0 bridgehead atoms. The van der Waals surface area contributed by atoms with Crippen LogP contribution in [0.4, 0.5) is 0 Å². The average molecular weight is 243 g/mol. The third-order valence-corrected chi connectivity index (χ3v) is 4.13. The Morgan fingerprint density at radius 1 is 1.56 bits per heavy atom. The maximum atomic E-state index is 11.1. The molecule has 0 saturated heterocycles. The van der Waals surface area contributed by atoms with Crippen LogP contribution in [0.25, 0.3) is 0 Å². The van der Waals surface area contributed by atoms with Crippen LogP contribution in [0, 0.1) is 0 Å². The Kier molecular flexibility index (Phi) is 5.91. The number of esters is 1. The molecule has 4 heteroatoms. The Labute approximate surface area is 102 Å². The summed E-state index contributed by atoms with van der Waals surface area (Å²) in [5.41, 5.74) is 0.675. The van der Waals surface area contributed by atoms with Gasteiger partial charge in [-0.2, -0.15) is 11.8 Å². The number of rotatable bonds is 5. The maximum Gasteiger partial charge on any atom is 0.333 e. The molecule has 1 rings (SSSR count). The highest BCUT2D eigenvalue weighted by molar-refractivity contribution is 7.99. The lowest BCUT2D eigenvalue weighted by molar-refractivity contribution is -0.136. The number of hydrogen-bond donors (Lipinski definition) is 1. The van der Waals surface area contributed by atoms with Crippen molar-refractivity contribution in [3.63, 3.8) is 0 Å². The summed E-state index contributed by atoms with van der Waals surface area (Å²) in [6.45, 7) is 2.54. The predicted molar refractivity (Wildman–Crippen MR) is 68.7 cm³/mol. The van der Waals surface area contributed by atoms with Crippen molar-refractivity contribution < 1.29 is 9.53 Å². The van der Waals surface area contributed by atoms with Crippen molar-refractivity contribution in [2.45, 2.75) is 37.5 Å². The zero-order valence-corrected chi connectivity index (χ0v) is 11.1. The predicted octanol–water partition coefficient (Wildman–Crippen LogP) is 1.98. The van der Waals surface area contributed by atoms with Gasteiger partial charge in [-0.3, -0.25) is 0 Å². The quantitative estimate of drug-likeness (QED) is 0.592. The first-order chi connectivity index (χ1) is 7.67.